The monoisotopic (exact) mass is 295 g/mol. The van der Waals surface area contributed by atoms with E-state index in [1.54, 1.807) is 0 Å². The molecule has 0 heterocycles. The van der Waals surface area contributed by atoms with E-state index >= 15 is 0 Å². The van der Waals surface area contributed by atoms with Crippen molar-refractivity contribution in [3.05, 3.63) is 0 Å². The molecular weight excluding hydrogens is 277 g/mol. The van der Waals surface area contributed by atoms with E-state index in [1.807, 2.05) is 13.8 Å². The first-order valence-electron chi connectivity index (χ1n) is 4.91. The molecule has 0 aliphatic heterocycles. The van der Waals surface area contributed by atoms with Gasteiger partial charge in [-0.1, -0.05) is 0 Å². The van der Waals surface area contributed by atoms with Gasteiger partial charge < -0.3 is 0 Å². The Morgan fingerprint density at radius 2 is 1.75 bits per heavy atom. The van der Waals surface area contributed by atoms with Gasteiger partial charge in [-0.15, -0.1) is 0 Å². The Hall–Kier alpha value is 0.510. The summed E-state index contributed by atoms with van der Waals surface area (Å²) in [5.74, 6) is 0. The van der Waals surface area contributed by atoms with Crippen molar-refractivity contribution in [2.45, 2.75) is 13.8 Å². The predicted molar refractivity (Wildman–Crippen MR) is 66.2 cm³/mol. The Labute approximate surface area is 102 Å². The van der Waals surface area contributed by atoms with Gasteiger partial charge in [0.25, 0.3) is 0 Å². The molecule has 0 bridgehead atoms. The van der Waals surface area contributed by atoms with E-state index in [0.717, 1.165) is 0 Å². The van der Waals surface area contributed by atoms with Crippen LogP contribution >= 0.6 is 18.6 Å². The van der Waals surface area contributed by atoms with Crippen LogP contribution in [0.15, 0.2) is 0 Å². The Bertz CT molecular complexity index is 281. The summed E-state index contributed by atoms with van der Waals surface area (Å²) in [7, 11) is 0.0445. The van der Waals surface area contributed by atoms with Gasteiger partial charge in [0, 0.05) is 0 Å². The van der Waals surface area contributed by atoms with Crippen LogP contribution in [0.4, 0.5) is 0 Å². The maximum absolute atomic E-state index is 10.7. The molecule has 0 saturated heterocycles. The zero-order valence-corrected chi connectivity index (χ0v) is 12.2. The van der Waals surface area contributed by atoms with Crippen LogP contribution in [-0.4, -0.2) is 41.4 Å². The standard InChI is InChI=1S/C7H19ClNO5PS/c1-4-13-15(12-3,14-5-2)7-6-9-16(8,10)11/h9,15H,4-7H2,1-3H3. The van der Waals surface area contributed by atoms with Crippen molar-refractivity contribution in [2.75, 3.05) is 33.0 Å². The molecule has 0 spiro atoms. The average Bonchev–Trinajstić information content (AvgIpc) is 2.16. The van der Waals surface area contributed by atoms with Crippen molar-refractivity contribution in [1.29, 1.82) is 0 Å². The van der Waals surface area contributed by atoms with Crippen LogP contribution in [0.25, 0.3) is 0 Å². The average molecular weight is 296 g/mol. The van der Waals surface area contributed by atoms with Crippen molar-refractivity contribution < 1.29 is 22.0 Å². The molecule has 0 unspecified atom stereocenters. The molecule has 6 nitrogen and oxygen atoms in total. The fourth-order valence-corrected chi connectivity index (χ4v) is 4.05. The fourth-order valence-electron chi connectivity index (χ4n) is 1.17. The van der Waals surface area contributed by atoms with Gasteiger partial charge in [-0.3, -0.25) is 0 Å². The van der Waals surface area contributed by atoms with Gasteiger partial charge in [0.1, 0.15) is 0 Å². The number of hydrogen-bond acceptors (Lipinski definition) is 5. The quantitative estimate of drug-likeness (QED) is 0.512. The van der Waals surface area contributed by atoms with Crippen molar-refractivity contribution in [1.82, 2.24) is 4.72 Å². The molecule has 0 atom stereocenters. The fraction of sp³-hybridized carbons (Fsp3) is 1.00. The van der Waals surface area contributed by atoms with Gasteiger partial charge in [0.05, 0.1) is 0 Å². The molecule has 0 aromatic heterocycles. The summed E-state index contributed by atoms with van der Waals surface area (Å²) in [4.78, 5) is 0. The van der Waals surface area contributed by atoms with Crippen LogP contribution in [0.1, 0.15) is 13.8 Å². The second kappa shape index (κ2) is 7.76. The van der Waals surface area contributed by atoms with Crippen molar-refractivity contribution in [3.8, 4) is 0 Å². The number of halogens is 1. The van der Waals surface area contributed by atoms with E-state index in [9.17, 15) is 8.42 Å². The van der Waals surface area contributed by atoms with Crippen LogP contribution in [-0.2, 0) is 22.8 Å². The molecule has 0 radical (unpaired) electrons. The zero-order chi connectivity index (χ0) is 12.7. The second-order valence-electron chi connectivity index (χ2n) is 2.84. The van der Waals surface area contributed by atoms with Crippen LogP contribution in [0.3, 0.4) is 0 Å². The van der Waals surface area contributed by atoms with Crippen LogP contribution < -0.4 is 4.72 Å². The topological polar surface area (TPSA) is 73.9 Å². The van der Waals surface area contributed by atoms with E-state index in [1.165, 1.54) is 7.11 Å². The second-order valence-corrected chi connectivity index (χ2v) is 8.07. The van der Waals surface area contributed by atoms with Gasteiger partial charge in [0.2, 0.25) is 0 Å². The first kappa shape index (κ1) is 16.5. The van der Waals surface area contributed by atoms with E-state index in [4.69, 9.17) is 24.3 Å². The normalized spacial score (nSPS) is 14.0. The molecule has 0 saturated carbocycles. The molecule has 0 aromatic rings. The molecule has 100 valence electrons. The molecule has 0 fully saturated rings. The van der Waals surface area contributed by atoms with Gasteiger partial charge in [-0.05, 0) is 0 Å². The molecule has 0 aliphatic carbocycles. The SMILES string of the molecule is CCO[PH](CCNS(=O)(=O)Cl)(OC)OCC. The van der Waals surface area contributed by atoms with Crippen LogP contribution in [0, 0.1) is 0 Å². The van der Waals surface area contributed by atoms with Gasteiger partial charge >= 0.3 is 101 Å². The summed E-state index contributed by atoms with van der Waals surface area (Å²) in [5.41, 5.74) is 0. The van der Waals surface area contributed by atoms with E-state index in [-0.39, 0.29) is 6.54 Å². The Kier molecular flexibility index (Phi) is 8.01. The first-order valence-corrected chi connectivity index (χ1v) is 9.15. The zero-order valence-electron chi connectivity index (χ0n) is 9.66. The summed E-state index contributed by atoms with van der Waals surface area (Å²) in [5, 5.41) is 0. The Morgan fingerprint density at radius 3 is 2.06 bits per heavy atom. The third-order valence-corrected chi connectivity index (χ3v) is 5.56. The third-order valence-electron chi connectivity index (χ3n) is 1.75. The van der Waals surface area contributed by atoms with E-state index < -0.39 is 17.2 Å². The Balaban J connectivity index is 4.30. The van der Waals surface area contributed by atoms with Crippen LogP contribution in [0.5, 0.6) is 0 Å². The minimum atomic E-state index is -3.71. The van der Waals surface area contributed by atoms with Gasteiger partial charge in [-0.2, -0.15) is 0 Å². The van der Waals surface area contributed by atoms with E-state index in [2.05, 4.69) is 4.72 Å². The molecule has 16 heavy (non-hydrogen) atoms. The molecule has 0 aliphatic rings. The van der Waals surface area contributed by atoms with Crippen molar-refractivity contribution >= 4 is 27.9 Å². The van der Waals surface area contributed by atoms with E-state index in [0.29, 0.717) is 19.4 Å². The third kappa shape index (κ3) is 6.96. The molecule has 9 heteroatoms. The summed E-state index contributed by atoms with van der Waals surface area (Å²) in [6, 6.07) is 0. The molecular formula is C7H19ClNO5PS. The predicted octanol–water partition coefficient (Wildman–Crippen LogP) is 1.27. The minimum absolute atomic E-state index is 0.131. The first-order chi connectivity index (χ1) is 7.39. The maximum atomic E-state index is 10.7. The van der Waals surface area contributed by atoms with Gasteiger partial charge in [0.15, 0.2) is 0 Å². The molecule has 0 rings (SSSR count). The van der Waals surface area contributed by atoms with Gasteiger partial charge in [-0.25, -0.2) is 0 Å². The molecule has 1 N–H and O–H groups in total. The summed E-state index contributed by atoms with van der Waals surface area (Å²) in [6.45, 7) is 4.68. The number of nitrogens with one attached hydrogen (secondary N) is 1. The van der Waals surface area contributed by atoms with Crippen molar-refractivity contribution in [3.63, 3.8) is 0 Å². The van der Waals surface area contributed by atoms with Crippen LogP contribution in [0.2, 0.25) is 0 Å². The number of rotatable bonds is 9. The summed E-state index contributed by atoms with van der Waals surface area (Å²) < 4.78 is 39.6. The molecule has 0 amide bonds. The summed E-state index contributed by atoms with van der Waals surface area (Å²) in [6.07, 6.45) is 0.344. The molecule has 0 aromatic carbocycles. The summed E-state index contributed by atoms with van der Waals surface area (Å²) >= 11 is 0. The Morgan fingerprint density at radius 1 is 1.25 bits per heavy atom. The van der Waals surface area contributed by atoms with Crippen molar-refractivity contribution in [2.24, 2.45) is 0 Å². The number of hydrogen-bond donors (Lipinski definition) is 1.